The van der Waals surface area contributed by atoms with Crippen LogP contribution in [0.5, 0.6) is 0 Å². The van der Waals surface area contributed by atoms with Crippen LogP contribution in [0.15, 0.2) is 47.4 Å². The van der Waals surface area contributed by atoms with E-state index < -0.39 is 40.6 Å². The molecule has 0 aliphatic heterocycles. The molecule has 3 amide bonds. The molecule has 0 fully saturated rings. The molecule has 0 bridgehead atoms. The number of amides is 3. The number of urea groups is 1. The van der Waals surface area contributed by atoms with Gasteiger partial charge in [0.05, 0.1) is 4.90 Å². The Morgan fingerprint density at radius 3 is 2.42 bits per heavy atom. The molecule has 0 unspecified atom stereocenters. The molecular formula is C16H17N3O6S. The molecule has 26 heavy (non-hydrogen) atoms. The standard InChI is InChI=1S/C16H17N3O6S/c1-10(15(21)19-16(17)22)25-14(20)9-18-26(23,24)13-7-6-11-4-2-3-5-12(11)8-13/h2-8,10,18H,9H2,1H3,(H3,17,19,21,22)/t10-/m0/s1. The highest BCUT2D eigenvalue weighted by atomic mass is 32.2. The van der Waals surface area contributed by atoms with Crippen molar-refractivity contribution in [1.29, 1.82) is 0 Å². The highest BCUT2D eigenvalue weighted by Crippen LogP contribution is 2.18. The van der Waals surface area contributed by atoms with Crippen molar-refractivity contribution in [3.05, 3.63) is 42.5 Å². The zero-order valence-electron chi connectivity index (χ0n) is 13.8. The summed E-state index contributed by atoms with van der Waals surface area (Å²) in [5.74, 6) is -1.90. The summed E-state index contributed by atoms with van der Waals surface area (Å²) in [6, 6.07) is 10.7. The van der Waals surface area contributed by atoms with E-state index in [-0.39, 0.29) is 4.90 Å². The second-order valence-corrected chi connectivity index (χ2v) is 7.09. The van der Waals surface area contributed by atoms with Gasteiger partial charge in [-0.2, -0.15) is 4.72 Å². The maximum atomic E-state index is 12.3. The number of hydrogen-bond donors (Lipinski definition) is 3. The van der Waals surface area contributed by atoms with E-state index in [1.54, 1.807) is 23.5 Å². The molecule has 1 atom stereocenters. The minimum absolute atomic E-state index is 0.0106. The van der Waals surface area contributed by atoms with Crippen LogP contribution in [0.25, 0.3) is 10.8 Å². The average molecular weight is 379 g/mol. The SMILES string of the molecule is C[C@H](OC(=O)CNS(=O)(=O)c1ccc2ccccc2c1)C(=O)NC(N)=O. The molecule has 10 heteroatoms. The molecule has 0 saturated carbocycles. The normalized spacial score (nSPS) is 12.3. The fourth-order valence-corrected chi connectivity index (χ4v) is 3.09. The summed E-state index contributed by atoms with van der Waals surface area (Å²) in [6.07, 6.45) is -1.31. The van der Waals surface area contributed by atoms with Gasteiger partial charge in [-0.25, -0.2) is 13.2 Å². The first-order chi connectivity index (χ1) is 12.2. The predicted octanol–water partition coefficient (Wildman–Crippen LogP) is 0.245. The van der Waals surface area contributed by atoms with Crippen molar-refractivity contribution in [2.75, 3.05) is 6.54 Å². The lowest BCUT2D eigenvalue weighted by Gasteiger charge is -2.12. The third-order valence-electron chi connectivity index (χ3n) is 3.36. The van der Waals surface area contributed by atoms with Gasteiger partial charge in [0.15, 0.2) is 6.10 Å². The van der Waals surface area contributed by atoms with Crippen LogP contribution in [0.2, 0.25) is 0 Å². The quantitative estimate of drug-likeness (QED) is 0.613. The van der Waals surface area contributed by atoms with Gasteiger partial charge in [0.2, 0.25) is 10.0 Å². The zero-order valence-corrected chi connectivity index (χ0v) is 14.6. The molecule has 0 aliphatic carbocycles. The third-order valence-corrected chi connectivity index (χ3v) is 4.76. The second kappa shape index (κ2) is 7.93. The van der Waals surface area contributed by atoms with Crippen LogP contribution in [0.1, 0.15) is 6.92 Å². The molecule has 0 aromatic heterocycles. The van der Waals surface area contributed by atoms with Crippen LogP contribution in [-0.2, 0) is 24.3 Å². The lowest BCUT2D eigenvalue weighted by Crippen LogP contribution is -2.43. The van der Waals surface area contributed by atoms with Crippen LogP contribution in [0, 0.1) is 0 Å². The number of primary amides is 1. The molecule has 2 aromatic rings. The van der Waals surface area contributed by atoms with E-state index in [9.17, 15) is 22.8 Å². The van der Waals surface area contributed by atoms with E-state index in [2.05, 4.69) is 4.72 Å². The predicted molar refractivity (Wildman–Crippen MR) is 92.4 cm³/mol. The van der Waals surface area contributed by atoms with Crippen molar-refractivity contribution in [3.63, 3.8) is 0 Å². The highest BCUT2D eigenvalue weighted by Gasteiger charge is 2.21. The van der Waals surface area contributed by atoms with E-state index in [0.29, 0.717) is 0 Å². The zero-order chi connectivity index (χ0) is 19.3. The minimum atomic E-state index is -3.95. The maximum Gasteiger partial charge on any atom is 0.321 e. The molecule has 0 spiro atoms. The number of fused-ring (bicyclic) bond motifs is 1. The van der Waals surface area contributed by atoms with Gasteiger partial charge in [0.1, 0.15) is 6.54 Å². The van der Waals surface area contributed by atoms with E-state index >= 15 is 0 Å². The average Bonchev–Trinajstić information content (AvgIpc) is 2.59. The number of rotatable bonds is 6. The highest BCUT2D eigenvalue weighted by molar-refractivity contribution is 7.89. The molecular weight excluding hydrogens is 362 g/mol. The lowest BCUT2D eigenvalue weighted by molar-refractivity contribution is -0.153. The Morgan fingerprint density at radius 2 is 1.77 bits per heavy atom. The minimum Gasteiger partial charge on any atom is -0.452 e. The van der Waals surface area contributed by atoms with Crippen molar-refractivity contribution in [2.45, 2.75) is 17.9 Å². The van der Waals surface area contributed by atoms with E-state index in [1.807, 2.05) is 12.1 Å². The number of benzene rings is 2. The van der Waals surface area contributed by atoms with Gasteiger partial charge >= 0.3 is 12.0 Å². The number of hydrogen-bond acceptors (Lipinski definition) is 6. The lowest BCUT2D eigenvalue weighted by atomic mass is 10.1. The number of nitrogens with two attached hydrogens (primary N) is 1. The summed E-state index contributed by atoms with van der Waals surface area (Å²) >= 11 is 0. The van der Waals surface area contributed by atoms with Gasteiger partial charge in [-0.05, 0) is 29.8 Å². The second-order valence-electron chi connectivity index (χ2n) is 5.32. The van der Waals surface area contributed by atoms with Gasteiger partial charge in [-0.15, -0.1) is 0 Å². The monoisotopic (exact) mass is 379 g/mol. The van der Waals surface area contributed by atoms with Crippen molar-refractivity contribution >= 4 is 38.7 Å². The summed E-state index contributed by atoms with van der Waals surface area (Å²) in [5, 5.41) is 3.35. The Hall–Kier alpha value is -2.98. The number of imide groups is 1. The Kier molecular flexibility index (Phi) is 5.90. The van der Waals surface area contributed by atoms with Gasteiger partial charge in [-0.1, -0.05) is 30.3 Å². The summed E-state index contributed by atoms with van der Waals surface area (Å²) in [4.78, 5) is 33.7. The molecule has 4 N–H and O–H groups in total. The summed E-state index contributed by atoms with van der Waals surface area (Å²) < 4.78 is 31.4. The number of nitrogens with one attached hydrogen (secondary N) is 2. The molecule has 0 heterocycles. The Bertz CT molecular complexity index is 957. The van der Waals surface area contributed by atoms with E-state index in [4.69, 9.17) is 10.5 Å². The van der Waals surface area contributed by atoms with Crippen molar-refractivity contribution in [2.24, 2.45) is 5.73 Å². The van der Waals surface area contributed by atoms with E-state index in [1.165, 1.54) is 19.1 Å². The molecule has 9 nitrogen and oxygen atoms in total. The summed E-state index contributed by atoms with van der Waals surface area (Å²) in [6.45, 7) is 0.539. The Balaban J connectivity index is 1.99. The molecule has 2 rings (SSSR count). The Labute approximate surface area is 149 Å². The molecule has 0 saturated heterocycles. The first-order valence-corrected chi connectivity index (χ1v) is 8.95. The molecule has 2 aromatic carbocycles. The third kappa shape index (κ3) is 5.01. The number of carbonyl (C=O) groups excluding carboxylic acids is 3. The topological polar surface area (TPSA) is 145 Å². The van der Waals surface area contributed by atoms with Gasteiger partial charge in [-0.3, -0.25) is 14.9 Å². The number of sulfonamides is 1. The van der Waals surface area contributed by atoms with Crippen LogP contribution in [0.4, 0.5) is 4.79 Å². The van der Waals surface area contributed by atoms with Gasteiger partial charge in [0, 0.05) is 0 Å². The van der Waals surface area contributed by atoms with Crippen LogP contribution >= 0.6 is 0 Å². The van der Waals surface area contributed by atoms with Crippen LogP contribution in [0.3, 0.4) is 0 Å². The molecule has 0 radical (unpaired) electrons. The van der Waals surface area contributed by atoms with Crippen LogP contribution < -0.4 is 15.8 Å². The molecule has 138 valence electrons. The Morgan fingerprint density at radius 1 is 1.12 bits per heavy atom. The van der Waals surface area contributed by atoms with Crippen molar-refractivity contribution in [1.82, 2.24) is 10.0 Å². The van der Waals surface area contributed by atoms with E-state index in [0.717, 1.165) is 10.8 Å². The van der Waals surface area contributed by atoms with Crippen LogP contribution in [-0.4, -0.2) is 39.0 Å². The smallest absolute Gasteiger partial charge is 0.321 e. The summed E-state index contributed by atoms with van der Waals surface area (Å²) in [5.41, 5.74) is 4.78. The largest absolute Gasteiger partial charge is 0.452 e. The fourth-order valence-electron chi connectivity index (χ4n) is 2.09. The first-order valence-electron chi connectivity index (χ1n) is 7.47. The summed E-state index contributed by atoms with van der Waals surface area (Å²) in [7, 11) is -3.95. The van der Waals surface area contributed by atoms with Gasteiger partial charge in [0.25, 0.3) is 5.91 Å². The molecule has 0 aliphatic rings. The number of ether oxygens (including phenoxy) is 1. The fraction of sp³-hybridized carbons (Fsp3) is 0.188. The maximum absolute atomic E-state index is 12.3. The first kappa shape index (κ1) is 19.3. The number of carbonyl (C=O) groups is 3. The van der Waals surface area contributed by atoms with Crippen molar-refractivity contribution < 1.29 is 27.5 Å². The van der Waals surface area contributed by atoms with Crippen molar-refractivity contribution in [3.8, 4) is 0 Å². The van der Waals surface area contributed by atoms with Gasteiger partial charge < -0.3 is 10.5 Å². The number of esters is 1.